The summed E-state index contributed by atoms with van der Waals surface area (Å²) in [5.41, 5.74) is 12.3. The molecule has 1 heterocycles. The Labute approximate surface area is 300 Å². The molecule has 9 aromatic rings. The van der Waals surface area contributed by atoms with Gasteiger partial charge in [0.1, 0.15) is 5.01 Å². The molecule has 0 aliphatic heterocycles. The normalized spacial score (nSPS) is 12.5. The average molecular weight is 667 g/mol. The highest BCUT2D eigenvalue weighted by molar-refractivity contribution is 7.21. The van der Waals surface area contributed by atoms with Crippen LogP contribution in [-0.2, 0) is 6.42 Å². The van der Waals surface area contributed by atoms with Gasteiger partial charge in [0.2, 0.25) is 0 Å². The molecule has 0 saturated heterocycles. The summed E-state index contributed by atoms with van der Waals surface area (Å²) >= 11 is 1.73. The van der Waals surface area contributed by atoms with E-state index < -0.39 is 0 Å². The first-order chi connectivity index (χ1) is 25.2. The van der Waals surface area contributed by atoms with E-state index in [1.165, 1.54) is 64.8 Å². The molecule has 0 bridgehead atoms. The van der Waals surface area contributed by atoms with Gasteiger partial charge in [-0.15, -0.1) is 11.3 Å². The molecule has 51 heavy (non-hydrogen) atoms. The van der Waals surface area contributed by atoms with E-state index in [4.69, 9.17) is 4.98 Å². The van der Waals surface area contributed by atoms with Gasteiger partial charge in [0.15, 0.2) is 0 Å². The number of nitriles is 1. The number of aromatic nitrogens is 1. The predicted molar refractivity (Wildman–Crippen MR) is 216 cm³/mol. The largest absolute Gasteiger partial charge is 0.236 e. The second-order valence-electron chi connectivity index (χ2n) is 13.3. The van der Waals surface area contributed by atoms with Crippen LogP contribution in [0.2, 0.25) is 0 Å². The zero-order valence-electron chi connectivity index (χ0n) is 27.7. The van der Waals surface area contributed by atoms with E-state index in [2.05, 4.69) is 146 Å². The highest BCUT2D eigenvalue weighted by Gasteiger charge is 2.18. The van der Waals surface area contributed by atoms with Crippen LogP contribution in [0.1, 0.15) is 23.1 Å². The highest BCUT2D eigenvalue weighted by atomic mass is 32.1. The van der Waals surface area contributed by atoms with Crippen molar-refractivity contribution in [1.29, 1.82) is 5.26 Å². The Morgan fingerprint density at radius 3 is 1.90 bits per heavy atom. The van der Waals surface area contributed by atoms with Crippen molar-refractivity contribution in [3.63, 3.8) is 0 Å². The molecule has 0 atom stereocenters. The number of thiazole rings is 1. The number of rotatable bonds is 4. The summed E-state index contributed by atoms with van der Waals surface area (Å²) < 4.78 is 1.21. The van der Waals surface area contributed by atoms with Gasteiger partial charge in [-0.05, 0) is 126 Å². The van der Waals surface area contributed by atoms with Crippen LogP contribution in [0.3, 0.4) is 0 Å². The average Bonchev–Trinajstić information content (AvgIpc) is 3.65. The van der Waals surface area contributed by atoms with Crippen LogP contribution >= 0.6 is 11.3 Å². The molecule has 1 aliphatic carbocycles. The molecule has 238 valence electrons. The fraction of sp³-hybridized carbons (Fsp3) is 0.0417. The smallest absolute Gasteiger partial charge is 0.124 e. The summed E-state index contributed by atoms with van der Waals surface area (Å²) in [5.74, 6) is 0. The molecule has 8 aromatic carbocycles. The Morgan fingerprint density at radius 2 is 1.16 bits per heavy atom. The summed E-state index contributed by atoms with van der Waals surface area (Å²) in [7, 11) is 0. The van der Waals surface area contributed by atoms with Crippen molar-refractivity contribution in [3.05, 3.63) is 168 Å². The highest BCUT2D eigenvalue weighted by Crippen LogP contribution is 2.41. The monoisotopic (exact) mass is 666 g/mol. The number of nitrogens with zero attached hydrogens (tertiary/aromatic N) is 2. The van der Waals surface area contributed by atoms with Gasteiger partial charge < -0.3 is 0 Å². The van der Waals surface area contributed by atoms with Gasteiger partial charge in [0.25, 0.3) is 0 Å². The first-order valence-electron chi connectivity index (χ1n) is 17.4. The number of fused-ring (bicyclic) bond motifs is 8. The van der Waals surface area contributed by atoms with E-state index >= 15 is 0 Å². The lowest BCUT2D eigenvalue weighted by molar-refractivity contribution is 0.989. The van der Waals surface area contributed by atoms with Crippen molar-refractivity contribution in [3.8, 4) is 50.0 Å². The molecule has 10 rings (SSSR count). The van der Waals surface area contributed by atoms with E-state index in [1.807, 2.05) is 18.2 Å². The molecule has 0 fully saturated rings. The van der Waals surface area contributed by atoms with Crippen LogP contribution in [0, 0.1) is 11.3 Å². The quantitative estimate of drug-likeness (QED) is 0.175. The Hall–Kier alpha value is -6.34. The minimum atomic E-state index is 0.667. The Morgan fingerprint density at radius 1 is 0.529 bits per heavy atom. The lowest BCUT2D eigenvalue weighted by Crippen LogP contribution is -2.01. The van der Waals surface area contributed by atoms with Crippen LogP contribution in [0.15, 0.2) is 152 Å². The fourth-order valence-corrected chi connectivity index (χ4v) is 8.94. The van der Waals surface area contributed by atoms with Crippen molar-refractivity contribution < 1.29 is 0 Å². The molecule has 3 heteroatoms. The summed E-state index contributed by atoms with van der Waals surface area (Å²) in [5, 5.41) is 18.8. The van der Waals surface area contributed by atoms with E-state index in [9.17, 15) is 5.26 Å². The topological polar surface area (TPSA) is 36.7 Å². The number of hydrogen-bond donors (Lipinski definition) is 0. The molecule has 0 spiro atoms. The van der Waals surface area contributed by atoms with Crippen molar-refractivity contribution in [2.45, 2.75) is 12.8 Å². The summed E-state index contributed by atoms with van der Waals surface area (Å²) in [6.45, 7) is 0. The van der Waals surface area contributed by atoms with Crippen LogP contribution in [0.4, 0.5) is 0 Å². The molecular formula is C48H30N2S. The Kier molecular flexibility index (Phi) is 6.91. The van der Waals surface area contributed by atoms with Crippen LogP contribution in [0.25, 0.3) is 92.6 Å². The maximum Gasteiger partial charge on any atom is 0.124 e. The van der Waals surface area contributed by atoms with Gasteiger partial charge >= 0.3 is 0 Å². The Balaban J connectivity index is 1.07. The molecule has 0 amide bonds. The number of allylic oxidation sites excluding steroid dienone is 1. The van der Waals surface area contributed by atoms with Crippen molar-refractivity contribution in [2.75, 3.05) is 0 Å². The van der Waals surface area contributed by atoms with Crippen LogP contribution < -0.4 is 0 Å². The van der Waals surface area contributed by atoms with Crippen molar-refractivity contribution in [1.82, 2.24) is 4.98 Å². The molecule has 0 saturated carbocycles. The van der Waals surface area contributed by atoms with Gasteiger partial charge in [-0.2, -0.15) is 5.26 Å². The molecular weight excluding hydrogens is 637 g/mol. The van der Waals surface area contributed by atoms with E-state index in [0.29, 0.717) is 5.56 Å². The third kappa shape index (κ3) is 4.96. The molecule has 0 N–H and O–H groups in total. The van der Waals surface area contributed by atoms with E-state index in [1.54, 1.807) is 11.3 Å². The fourth-order valence-electron chi connectivity index (χ4n) is 7.97. The van der Waals surface area contributed by atoms with Crippen molar-refractivity contribution in [2.24, 2.45) is 0 Å². The van der Waals surface area contributed by atoms with Gasteiger partial charge in [0, 0.05) is 5.56 Å². The minimum Gasteiger partial charge on any atom is -0.236 e. The molecule has 1 aromatic heterocycles. The minimum absolute atomic E-state index is 0.667. The van der Waals surface area contributed by atoms with Gasteiger partial charge in [0.05, 0.1) is 21.8 Å². The van der Waals surface area contributed by atoms with Gasteiger partial charge in [-0.25, -0.2) is 4.98 Å². The molecule has 0 radical (unpaired) electrons. The first kappa shape index (κ1) is 29.6. The standard InChI is InChI=1S/C48H30N2S/c49-29-30-25-34(33-21-22-44-42-13-4-3-11-40(42)41-12-5-6-14-43(41)45(44)28-33)27-35(26-30)37-24-23-36(38-9-1-2-10-39(37)38)31-17-19-32(20-18-31)48-50-46-15-7-8-16-47(46)51-48/h1,3-9,11-28H,2,10H2. The van der Waals surface area contributed by atoms with Crippen LogP contribution in [0.5, 0.6) is 0 Å². The lowest BCUT2D eigenvalue weighted by Gasteiger charge is -2.21. The SMILES string of the molecule is N#Cc1cc(-c2ccc3c4ccccc4c4ccccc4c3c2)cc(-c2ccc(-c3ccc(-c4nc5ccccc5s4)cc3)c3c2CCC=C3)c1. The third-order valence-electron chi connectivity index (χ3n) is 10.4. The predicted octanol–water partition coefficient (Wildman–Crippen LogP) is 13.3. The molecule has 1 aliphatic rings. The number of hydrogen-bond acceptors (Lipinski definition) is 3. The van der Waals surface area contributed by atoms with E-state index in [-0.39, 0.29) is 0 Å². The van der Waals surface area contributed by atoms with Gasteiger partial charge in [-0.3, -0.25) is 0 Å². The first-order valence-corrected chi connectivity index (χ1v) is 18.2. The summed E-state index contributed by atoms with van der Waals surface area (Å²) in [6.07, 6.45) is 6.52. The number of para-hydroxylation sites is 1. The second kappa shape index (κ2) is 11.9. The molecule has 0 unspecified atom stereocenters. The lowest BCUT2D eigenvalue weighted by atomic mass is 9.83. The van der Waals surface area contributed by atoms with Crippen molar-refractivity contribution >= 4 is 59.9 Å². The molecule has 2 nitrogen and oxygen atoms in total. The zero-order chi connectivity index (χ0) is 33.9. The summed E-state index contributed by atoms with van der Waals surface area (Å²) in [4.78, 5) is 4.87. The van der Waals surface area contributed by atoms with Gasteiger partial charge in [-0.1, -0.05) is 121 Å². The zero-order valence-corrected chi connectivity index (χ0v) is 28.5. The maximum atomic E-state index is 10.2. The third-order valence-corrected chi connectivity index (χ3v) is 11.5. The summed E-state index contributed by atoms with van der Waals surface area (Å²) in [6, 6.07) is 54.6. The Bertz CT molecular complexity index is 2850. The van der Waals surface area contributed by atoms with Crippen LogP contribution in [-0.4, -0.2) is 4.98 Å². The second-order valence-corrected chi connectivity index (χ2v) is 14.4. The number of benzene rings is 8. The van der Waals surface area contributed by atoms with E-state index in [0.717, 1.165) is 45.6 Å². The maximum absolute atomic E-state index is 10.2.